The highest BCUT2D eigenvalue weighted by Gasteiger charge is 1.89. The van der Waals surface area contributed by atoms with Crippen LogP contribution in [0.15, 0.2) is 12.2 Å². The molecule has 5 nitrogen and oxygen atoms in total. The molecule has 21 heavy (non-hydrogen) atoms. The van der Waals surface area contributed by atoms with Crippen LogP contribution in [0, 0.1) is 0 Å². The van der Waals surface area contributed by atoms with Gasteiger partial charge in [0.05, 0.1) is 6.61 Å². The van der Waals surface area contributed by atoms with Crippen molar-refractivity contribution < 1.29 is 5.11 Å². The number of nitrogens with one attached hydrogen (secondary N) is 4. The molecule has 0 amide bonds. The van der Waals surface area contributed by atoms with E-state index in [1.54, 1.807) is 0 Å². The molecule has 0 aromatic heterocycles. The second-order valence-electron chi connectivity index (χ2n) is 5.12. The van der Waals surface area contributed by atoms with Crippen molar-refractivity contribution in [3.63, 3.8) is 0 Å². The summed E-state index contributed by atoms with van der Waals surface area (Å²) < 4.78 is 0. The summed E-state index contributed by atoms with van der Waals surface area (Å²) in [5.41, 5.74) is 0. The smallest absolute Gasteiger partial charge is 0.0555 e. The van der Waals surface area contributed by atoms with Crippen LogP contribution in [0.25, 0.3) is 0 Å². The van der Waals surface area contributed by atoms with E-state index in [9.17, 15) is 0 Å². The summed E-state index contributed by atoms with van der Waals surface area (Å²) in [5.74, 6) is 0. The van der Waals surface area contributed by atoms with E-state index in [4.69, 9.17) is 5.11 Å². The molecule has 126 valence electrons. The van der Waals surface area contributed by atoms with Crippen molar-refractivity contribution in [2.75, 3.05) is 59.0 Å². The van der Waals surface area contributed by atoms with Crippen molar-refractivity contribution in [1.29, 1.82) is 0 Å². The molecule has 0 fully saturated rings. The highest BCUT2D eigenvalue weighted by atomic mass is 16.3. The number of aliphatic hydroxyl groups excluding tert-OH is 1. The third-order valence-corrected chi connectivity index (χ3v) is 3.14. The molecule has 0 aromatic rings. The van der Waals surface area contributed by atoms with Crippen molar-refractivity contribution in [2.45, 2.75) is 32.6 Å². The molecule has 0 bridgehead atoms. The van der Waals surface area contributed by atoms with E-state index in [1.807, 2.05) is 0 Å². The van der Waals surface area contributed by atoms with E-state index in [0.717, 1.165) is 52.2 Å². The molecule has 5 N–H and O–H groups in total. The van der Waals surface area contributed by atoms with Crippen LogP contribution >= 0.6 is 0 Å². The molecule has 0 aliphatic carbocycles. The summed E-state index contributed by atoms with van der Waals surface area (Å²) >= 11 is 0. The van der Waals surface area contributed by atoms with Gasteiger partial charge in [-0.1, -0.05) is 19.1 Å². The standard InChI is InChI=1S/C16H36N4O/c1-2-17-9-3-4-10-18-11-5-6-12-19-13-7-8-14-20-15-16-21/h5-6,17-21H,2-4,7-16H2,1H3. The summed E-state index contributed by atoms with van der Waals surface area (Å²) in [6.45, 7) is 10.4. The lowest BCUT2D eigenvalue weighted by molar-refractivity contribution is 0.292. The first-order valence-electron chi connectivity index (χ1n) is 8.50. The second-order valence-corrected chi connectivity index (χ2v) is 5.12. The summed E-state index contributed by atoms with van der Waals surface area (Å²) in [6.07, 6.45) is 9.21. The van der Waals surface area contributed by atoms with Gasteiger partial charge in [-0.2, -0.15) is 0 Å². The number of rotatable bonds is 17. The zero-order valence-corrected chi connectivity index (χ0v) is 13.8. The van der Waals surface area contributed by atoms with Gasteiger partial charge in [0.15, 0.2) is 0 Å². The molecule has 0 aromatic carbocycles. The SMILES string of the molecule is CCNCCCCNCC=CCNCCCCNCCO. The van der Waals surface area contributed by atoms with E-state index in [1.165, 1.54) is 19.3 Å². The molecule has 0 aliphatic rings. The molecule has 0 atom stereocenters. The van der Waals surface area contributed by atoms with E-state index in [-0.39, 0.29) is 6.61 Å². The van der Waals surface area contributed by atoms with Crippen LogP contribution in [0.2, 0.25) is 0 Å². The Bertz CT molecular complexity index is 212. The largest absolute Gasteiger partial charge is 0.395 e. The molecular formula is C16H36N4O. The van der Waals surface area contributed by atoms with Gasteiger partial charge in [-0.25, -0.2) is 0 Å². The van der Waals surface area contributed by atoms with E-state index >= 15 is 0 Å². The van der Waals surface area contributed by atoms with Crippen LogP contribution in [-0.4, -0.2) is 64.1 Å². The molecule has 0 saturated heterocycles. The van der Waals surface area contributed by atoms with Crippen molar-refractivity contribution in [2.24, 2.45) is 0 Å². The van der Waals surface area contributed by atoms with Gasteiger partial charge in [-0.15, -0.1) is 0 Å². The quantitative estimate of drug-likeness (QED) is 0.200. The van der Waals surface area contributed by atoms with Gasteiger partial charge in [0, 0.05) is 19.6 Å². The Hall–Kier alpha value is -0.460. The fourth-order valence-corrected chi connectivity index (χ4v) is 1.92. The first-order valence-corrected chi connectivity index (χ1v) is 8.50. The van der Waals surface area contributed by atoms with Crippen LogP contribution < -0.4 is 21.3 Å². The van der Waals surface area contributed by atoms with E-state index < -0.39 is 0 Å². The monoisotopic (exact) mass is 300 g/mol. The molecule has 0 heterocycles. The Balaban J connectivity index is 3.02. The van der Waals surface area contributed by atoms with Gasteiger partial charge in [0.2, 0.25) is 0 Å². The molecule has 0 saturated carbocycles. The average Bonchev–Trinajstić information content (AvgIpc) is 2.50. The number of hydrogen-bond acceptors (Lipinski definition) is 5. The minimum atomic E-state index is 0.229. The fraction of sp³-hybridized carbons (Fsp3) is 0.875. The van der Waals surface area contributed by atoms with Crippen molar-refractivity contribution in [1.82, 2.24) is 21.3 Å². The van der Waals surface area contributed by atoms with Gasteiger partial charge in [0.25, 0.3) is 0 Å². The van der Waals surface area contributed by atoms with E-state index in [2.05, 4.69) is 40.3 Å². The molecular weight excluding hydrogens is 264 g/mol. The molecule has 0 spiro atoms. The van der Waals surface area contributed by atoms with Crippen molar-refractivity contribution in [3.8, 4) is 0 Å². The van der Waals surface area contributed by atoms with Crippen LogP contribution in [0.4, 0.5) is 0 Å². The molecule has 0 rings (SSSR count). The Kier molecular flexibility index (Phi) is 19.1. The van der Waals surface area contributed by atoms with Crippen LogP contribution in [-0.2, 0) is 0 Å². The summed E-state index contributed by atoms with van der Waals surface area (Å²) in [5, 5.41) is 21.9. The maximum atomic E-state index is 8.60. The maximum Gasteiger partial charge on any atom is 0.0555 e. The molecule has 5 heteroatoms. The van der Waals surface area contributed by atoms with Crippen LogP contribution in [0.5, 0.6) is 0 Å². The lowest BCUT2D eigenvalue weighted by Gasteiger charge is -2.04. The highest BCUT2D eigenvalue weighted by molar-refractivity contribution is 4.85. The lowest BCUT2D eigenvalue weighted by Crippen LogP contribution is -2.21. The Morgan fingerprint density at radius 2 is 1.14 bits per heavy atom. The fourth-order valence-electron chi connectivity index (χ4n) is 1.92. The Morgan fingerprint density at radius 1 is 0.667 bits per heavy atom. The minimum absolute atomic E-state index is 0.229. The molecule has 0 unspecified atom stereocenters. The molecule has 0 aliphatic heterocycles. The molecule has 0 radical (unpaired) electrons. The average molecular weight is 300 g/mol. The van der Waals surface area contributed by atoms with Crippen LogP contribution in [0.1, 0.15) is 32.6 Å². The summed E-state index contributed by atoms with van der Waals surface area (Å²) in [4.78, 5) is 0. The Morgan fingerprint density at radius 3 is 1.62 bits per heavy atom. The van der Waals surface area contributed by atoms with Crippen molar-refractivity contribution in [3.05, 3.63) is 12.2 Å². The van der Waals surface area contributed by atoms with Gasteiger partial charge >= 0.3 is 0 Å². The number of unbranched alkanes of at least 4 members (excludes halogenated alkanes) is 2. The van der Waals surface area contributed by atoms with E-state index in [0.29, 0.717) is 6.54 Å². The second kappa shape index (κ2) is 19.5. The first kappa shape index (κ1) is 20.5. The van der Waals surface area contributed by atoms with Gasteiger partial charge in [-0.05, 0) is 58.4 Å². The van der Waals surface area contributed by atoms with Gasteiger partial charge < -0.3 is 26.4 Å². The first-order chi connectivity index (χ1) is 10.4. The van der Waals surface area contributed by atoms with Crippen molar-refractivity contribution >= 4 is 0 Å². The third-order valence-electron chi connectivity index (χ3n) is 3.14. The summed E-state index contributed by atoms with van der Waals surface area (Å²) in [6, 6.07) is 0. The topological polar surface area (TPSA) is 68.3 Å². The van der Waals surface area contributed by atoms with Crippen LogP contribution in [0.3, 0.4) is 0 Å². The number of hydrogen-bond donors (Lipinski definition) is 5. The zero-order chi connectivity index (χ0) is 15.4. The lowest BCUT2D eigenvalue weighted by atomic mass is 10.3. The number of aliphatic hydroxyl groups is 1. The maximum absolute atomic E-state index is 8.60. The normalized spacial score (nSPS) is 11.5. The minimum Gasteiger partial charge on any atom is -0.395 e. The predicted octanol–water partition coefficient (Wildman–Crippen LogP) is 0.474. The Labute approximate surface area is 131 Å². The van der Waals surface area contributed by atoms with Gasteiger partial charge in [0.1, 0.15) is 0 Å². The van der Waals surface area contributed by atoms with Gasteiger partial charge in [-0.3, -0.25) is 0 Å². The summed E-state index contributed by atoms with van der Waals surface area (Å²) in [7, 11) is 0. The third kappa shape index (κ3) is 19.5. The predicted molar refractivity (Wildman–Crippen MR) is 91.8 cm³/mol. The zero-order valence-electron chi connectivity index (χ0n) is 13.8. The highest BCUT2D eigenvalue weighted by Crippen LogP contribution is 1.85.